The number of nitriles is 1. The van der Waals surface area contributed by atoms with Gasteiger partial charge in [0.05, 0.1) is 6.04 Å². The number of rotatable bonds is 6. The van der Waals surface area contributed by atoms with Crippen LogP contribution < -0.4 is 10.6 Å². The van der Waals surface area contributed by atoms with E-state index in [1.165, 1.54) is 11.8 Å². The molecule has 1 aromatic rings. The van der Waals surface area contributed by atoms with E-state index in [0.29, 0.717) is 0 Å². The van der Waals surface area contributed by atoms with Crippen molar-refractivity contribution in [1.29, 1.82) is 5.26 Å². The highest BCUT2D eigenvalue weighted by molar-refractivity contribution is 5.97. The number of aryl methyl sites for hydroxylation is 1. The van der Waals surface area contributed by atoms with Crippen LogP contribution >= 0.6 is 0 Å². The lowest BCUT2D eigenvalue weighted by molar-refractivity contribution is -0.117. The Balaban J connectivity index is 2.72. The summed E-state index contributed by atoms with van der Waals surface area (Å²) >= 11 is 0. The van der Waals surface area contributed by atoms with E-state index in [0.717, 1.165) is 12.0 Å². The summed E-state index contributed by atoms with van der Waals surface area (Å²) in [4.78, 5) is 12.1. The zero-order valence-corrected chi connectivity index (χ0v) is 13.1. The Morgan fingerprint density at radius 1 is 1.29 bits per heavy atom. The summed E-state index contributed by atoms with van der Waals surface area (Å²) in [5, 5.41) is 14.8. The molecule has 0 saturated carbocycles. The molecule has 0 bridgehead atoms. The zero-order valence-electron chi connectivity index (χ0n) is 13.1. The molecule has 1 rings (SSSR count). The lowest BCUT2D eigenvalue weighted by Crippen LogP contribution is -2.29. The number of nitrogens with zero attached hydrogens (tertiary/aromatic N) is 1. The minimum atomic E-state index is -0.363. The fourth-order valence-electron chi connectivity index (χ4n) is 1.80. The van der Waals surface area contributed by atoms with E-state index in [2.05, 4.69) is 29.7 Å². The van der Waals surface area contributed by atoms with Crippen molar-refractivity contribution < 1.29 is 4.79 Å². The third-order valence-electron chi connectivity index (χ3n) is 3.16. The summed E-state index contributed by atoms with van der Waals surface area (Å²) in [7, 11) is 0. The summed E-state index contributed by atoms with van der Waals surface area (Å²) in [6.07, 6.45) is 2.45. The van der Waals surface area contributed by atoms with Crippen LogP contribution in [0, 0.1) is 11.3 Å². The molecule has 0 radical (unpaired) electrons. The van der Waals surface area contributed by atoms with Crippen LogP contribution in [0.3, 0.4) is 0 Å². The molecule has 1 aromatic carbocycles. The second kappa shape index (κ2) is 8.11. The van der Waals surface area contributed by atoms with Crippen molar-refractivity contribution in [3.8, 4) is 6.07 Å². The number of benzene rings is 1. The minimum Gasteiger partial charge on any atom is -0.387 e. The van der Waals surface area contributed by atoms with Crippen molar-refractivity contribution in [2.45, 2.75) is 46.2 Å². The molecule has 2 N–H and O–H groups in total. The summed E-state index contributed by atoms with van der Waals surface area (Å²) in [5.74, 6) is -0.363. The first-order valence-corrected chi connectivity index (χ1v) is 7.24. The Morgan fingerprint density at radius 3 is 2.38 bits per heavy atom. The molecule has 1 amide bonds. The number of nitrogens with one attached hydrogen (secondary N) is 2. The molecule has 1 atom stereocenters. The van der Waals surface area contributed by atoms with E-state index in [4.69, 9.17) is 5.26 Å². The molecule has 0 saturated heterocycles. The molecule has 4 nitrogen and oxygen atoms in total. The monoisotopic (exact) mass is 285 g/mol. The van der Waals surface area contributed by atoms with E-state index in [9.17, 15) is 4.79 Å². The fraction of sp³-hybridized carbons (Fsp3) is 0.412. The number of amides is 1. The molecule has 112 valence electrons. The van der Waals surface area contributed by atoms with E-state index in [1.54, 1.807) is 0 Å². The molecule has 0 aliphatic rings. The van der Waals surface area contributed by atoms with Gasteiger partial charge in [-0.1, -0.05) is 31.2 Å². The molecule has 21 heavy (non-hydrogen) atoms. The van der Waals surface area contributed by atoms with Gasteiger partial charge < -0.3 is 10.6 Å². The molecule has 0 heterocycles. The highest BCUT2D eigenvalue weighted by Crippen LogP contribution is 2.14. The number of hydrogen-bond donors (Lipinski definition) is 2. The molecular weight excluding hydrogens is 262 g/mol. The Morgan fingerprint density at radius 2 is 1.90 bits per heavy atom. The van der Waals surface area contributed by atoms with Gasteiger partial charge in [0, 0.05) is 12.2 Å². The van der Waals surface area contributed by atoms with Gasteiger partial charge in [-0.25, -0.2) is 0 Å². The van der Waals surface area contributed by atoms with Crippen molar-refractivity contribution in [2.24, 2.45) is 0 Å². The number of carbonyl (C=O) groups is 1. The quantitative estimate of drug-likeness (QED) is 0.624. The molecule has 1 unspecified atom stereocenters. The summed E-state index contributed by atoms with van der Waals surface area (Å²) in [5.41, 5.74) is 2.37. The van der Waals surface area contributed by atoms with Crippen molar-refractivity contribution in [2.75, 3.05) is 0 Å². The molecular formula is C17H23N3O. The lowest BCUT2D eigenvalue weighted by Gasteiger charge is -2.14. The first kappa shape index (κ1) is 16.8. The summed E-state index contributed by atoms with van der Waals surface area (Å²) < 4.78 is 0. The van der Waals surface area contributed by atoms with E-state index in [-0.39, 0.29) is 23.6 Å². The predicted molar refractivity (Wildman–Crippen MR) is 84.3 cm³/mol. The van der Waals surface area contributed by atoms with Gasteiger partial charge in [0.15, 0.2) is 0 Å². The van der Waals surface area contributed by atoms with E-state index < -0.39 is 0 Å². The van der Waals surface area contributed by atoms with Crippen LogP contribution in [0.5, 0.6) is 0 Å². The maximum atomic E-state index is 12.1. The van der Waals surface area contributed by atoms with Crippen molar-refractivity contribution in [3.63, 3.8) is 0 Å². The van der Waals surface area contributed by atoms with Gasteiger partial charge >= 0.3 is 0 Å². The number of hydrogen-bond acceptors (Lipinski definition) is 3. The van der Waals surface area contributed by atoms with Crippen LogP contribution in [0.25, 0.3) is 0 Å². The van der Waals surface area contributed by atoms with Crippen LogP contribution in [-0.4, -0.2) is 11.9 Å². The Hall–Kier alpha value is -2.28. The van der Waals surface area contributed by atoms with Crippen molar-refractivity contribution >= 4 is 5.91 Å². The average molecular weight is 285 g/mol. The predicted octanol–water partition coefficient (Wildman–Crippen LogP) is 2.83. The molecule has 0 aliphatic heterocycles. The van der Waals surface area contributed by atoms with Crippen LogP contribution in [0.4, 0.5) is 0 Å². The fourth-order valence-corrected chi connectivity index (χ4v) is 1.80. The Labute approximate surface area is 126 Å². The van der Waals surface area contributed by atoms with Crippen LogP contribution in [-0.2, 0) is 11.2 Å². The van der Waals surface area contributed by atoms with Gasteiger partial charge in [-0.2, -0.15) is 5.26 Å². The minimum absolute atomic E-state index is 0.0840. The van der Waals surface area contributed by atoms with Gasteiger partial charge in [-0.15, -0.1) is 0 Å². The first-order chi connectivity index (χ1) is 9.97. The molecule has 0 aromatic heterocycles. The standard InChI is InChI=1S/C17H23N3O/c1-5-14-6-8-15(9-7-14)13(4)20-17(21)16(10-18)11-19-12(2)3/h6-9,11-13,19H,5H2,1-4H3,(H,20,21)/b16-11-. The summed E-state index contributed by atoms with van der Waals surface area (Å²) in [6, 6.07) is 10.1. The van der Waals surface area contributed by atoms with Crippen LogP contribution in [0.15, 0.2) is 36.0 Å². The third kappa shape index (κ3) is 5.31. The van der Waals surface area contributed by atoms with Crippen LogP contribution in [0.1, 0.15) is 44.9 Å². The maximum Gasteiger partial charge on any atom is 0.263 e. The Kier molecular flexibility index (Phi) is 6.48. The van der Waals surface area contributed by atoms with Gasteiger partial charge in [0.1, 0.15) is 11.6 Å². The summed E-state index contributed by atoms with van der Waals surface area (Å²) in [6.45, 7) is 7.90. The van der Waals surface area contributed by atoms with Gasteiger partial charge in [-0.3, -0.25) is 4.79 Å². The first-order valence-electron chi connectivity index (χ1n) is 7.24. The van der Waals surface area contributed by atoms with E-state index >= 15 is 0 Å². The topological polar surface area (TPSA) is 64.9 Å². The smallest absolute Gasteiger partial charge is 0.263 e. The van der Waals surface area contributed by atoms with Gasteiger partial charge in [0.25, 0.3) is 5.91 Å². The molecule has 0 fully saturated rings. The molecule has 0 spiro atoms. The van der Waals surface area contributed by atoms with Crippen molar-refractivity contribution in [1.82, 2.24) is 10.6 Å². The largest absolute Gasteiger partial charge is 0.387 e. The zero-order chi connectivity index (χ0) is 15.8. The maximum absolute atomic E-state index is 12.1. The van der Waals surface area contributed by atoms with E-state index in [1.807, 2.05) is 39.0 Å². The Bertz CT molecular complexity index is 538. The van der Waals surface area contributed by atoms with Crippen LogP contribution in [0.2, 0.25) is 0 Å². The second-order valence-corrected chi connectivity index (χ2v) is 5.28. The third-order valence-corrected chi connectivity index (χ3v) is 3.16. The lowest BCUT2D eigenvalue weighted by atomic mass is 10.0. The van der Waals surface area contributed by atoms with Gasteiger partial charge in [-0.05, 0) is 38.3 Å². The molecule has 4 heteroatoms. The van der Waals surface area contributed by atoms with Crippen molar-refractivity contribution in [3.05, 3.63) is 47.2 Å². The second-order valence-electron chi connectivity index (χ2n) is 5.28. The van der Waals surface area contributed by atoms with Gasteiger partial charge in [0.2, 0.25) is 0 Å². The average Bonchev–Trinajstić information content (AvgIpc) is 2.47. The normalized spacial score (nSPS) is 12.7. The highest BCUT2D eigenvalue weighted by Gasteiger charge is 2.13. The SMILES string of the molecule is CCc1ccc(C(C)NC(=O)/C(C#N)=C\NC(C)C)cc1. The molecule has 0 aliphatic carbocycles. The highest BCUT2D eigenvalue weighted by atomic mass is 16.1. The number of carbonyl (C=O) groups excluding carboxylic acids is 1.